The lowest BCUT2D eigenvalue weighted by atomic mass is 9.92. The van der Waals surface area contributed by atoms with Crippen LogP contribution in [0.4, 0.5) is 0 Å². The fourth-order valence-electron chi connectivity index (χ4n) is 11.8. The lowest BCUT2D eigenvalue weighted by Gasteiger charge is -2.14. The molecule has 0 bridgehead atoms. The van der Waals surface area contributed by atoms with Gasteiger partial charge in [0.1, 0.15) is 0 Å². The van der Waals surface area contributed by atoms with Gasteiger partial charge in [-0.15, -0.1) is 0 Å². The molecule has 1 aliphatic carbocycles. The first-order valence-electron chi connectivity index (χ1n) is 25.9. The summed E-state index contributed by atoms with van der Waals surface area (Å²) in [6, 6.07) is 83.9. The summed E-state index contributed by atoms with van der Waals surface area (Å²) in [6.07, 6.45) is 7.60. The first kappa shape index (κ1) is 42.9. The summed E-state index contributed by atoms with van der Waals surface area (Å²) < 4.78 is 4.64. The largest absolute Gasteiger partial charge is 0.309 e. The van der Waals surface area contributed by atoms with Gasteiger partial charge in [-0.2, -0.15) is 9.97 Å². The van der Waals surface area contributed by atoms with E-state index in [0.29, 0.717) is 23.5 Å². The van der Waals surface area contributed by atoms with Gasteiger partial charge < -0.3 is 4.57 Å². The average molecular weight is 958 g/mol. The molecule has 5 heteroatoms. The molecule has 352 valence electrons. The monoisotopic (exact) mass is 957 g/mol. The Bertz CT molecular complexity index is 4640. The van der Waals surface area contributed by atoms with Crippen LogP contribution in [0.15, 0.2) is 249 Å². The van der Waals surface area contributed by atoms with Crippen molar-refractivity contribution in [3.05, 3.63) is 255 Å². The van der Waals surface area contributed by atoms with E-state index in [-0.39, 0.29) is 0 Å². The van der Waals surface area contributed by atoms with Crippen molar-refractivity contribution in [2.75, 3.05) is 0 Å². The van der Waals surface area contributed by atoms with Crippen LogP contribution in [0.25, 0.3) is 138 Å². The Morgan fingerprint density at radius 3 is 1.24 bits per heavy atom. The van der Waals surface area contributed by atoms with E-state index in [1.807, 2.05) is 18.2 Å². The molecule has 0 N–H and O–H groups in total. The third-order valence-electron chi connectivity index (χ3n) is 15.5. The second-order valence-electron chi connectivity index (χ2n) is 20.0. The molecule has 0 saturated carbocycles. The molecular weight excluding hydrogens is 911 g/mol. The number of hydrogen-bond donors (Lipinski definition) is 0. The Morgan fingerprint density at radius 1 is 0.333 bits per heavy atom. The van der Waals surface area contributed by atoms with Crippen LogP contribution in [0.3, 0.4) is 0 Å². The number of rotatable bonds is 7. The van der Waals surface area contributed by atoms with Crippen molar-refractivity contribution in [1.82, 2.24) is 24.1 Å². The van der Waals surface area contributed by atoms with Gasteiger partial charge in [-0.1, -0.05) is 189 Å². The molecule has 3 aromatic heterocycles. The number of fused-ring (bicyclic) bond motifs is 12. The van der Waals surface area contributed by atoms with Gasteiger partial charge in [0, 0.05) is 38.4 Å². The Hall–Kier alpha value is -9.71. The molecular formula is C70H47N5. The molecule has 3 heterocycles. The molecule has 5 nitrogen and oxygen atoms in total. The molecule has 0 saturated heterocycles. The van der Waals surface area contributed by atoms with Crippen LogP contribution in [0.5, 0.6) is 0 Å². The van der Waals surface area contributed by atoms with Gasteiger partial charge in [-0.25, -0.2) is 4.98 Å². The fourth-order valence-corrected chi connectivity index (χ4v) is 11.8. The van der Waals surface area contributed by atoms with Crippen LogP contribution in [0, 0.1) is 5.92 Å². The minimum Gasteiger partial charge on any atom is -0.309 e. The second-order valence-corrected chi connectivity index (χ2v) is 20.0. The third kappa shape index (κ3) is 7.11. The highest BCUT2D eigenvalue weighted by atomic mass is 15.2. The first-order chi connectivity index (χ1) is 37.1. The van der Waals surface area contributed by atoms with Crippen LogP contribution in [-0.4, -0.2) is 24.1 Å². The quantitative estimate of drug-likeness (QED) is 0.150. The molecule has 0 amide bonds. The van der Waals surface area contributed by atoms with Gasteiger partial charge >= 0.3 is 0 Å². The van der Waals surface area contributed by atoms with E-state index in [9.17, 15) is 0 Å². The lowest BCUT2D eigenvalue weighted by molar-refractivity contribution is 0.738. The molecule has 1 unspecified atom stereocenters. The molecule has 0 spiro atoms. The highest BCUT2D eigenvalue weighted by Crippen LogP contribution is 2.42. The maximum Gasteiger partial charge on any atom is 0.238 e. The maximum absolute atomic E-state index is 5.29. The summed E-state index contributed by atoms with van der Waals surface area (Å²) in [7, 11) is 0. The molecule has 0 fully saturated rings. The minimum atomic E-state index is 0.466. The lowest BCUT2D eigenvalue weighted by Crippen LogP contribution is -2.08. The highest BCUT2D eigenvalue weighted by Gasteiger charge is 2.22. The number of benzene rings is 11. The Balaban J connectivity index is 0.927. The van der Waals surface area contributed by atoms with Crippen molar-refractivity contribution < 1.29 is 0 Å². The Kier molecular flexibility index (Phi) is 9.86. The number of para-hydroxylation sites is 1. The van der Waals surface area contributed by atoms with Crippen LogP contribution in [0.2, 0.25) is 0 Å². The first-order valence-corrected chi connectivity index (χ1v) is 25.9. The van der Waals surface area contributed by atoms with Crippen molar-refractivity contribution >= 4 is 81.5 Å². The number of nitrogens with zero attached hydrogens (tertiary/aromatic N) is 5. The third-order valence-corrected chi connectivity index (χ3v) is 15.5. The highest BCUT2D eigenvalue weighted by molar-refractivity contribution is 6.26. The molecule has 1 aliphatic rings. The normalized spacial score (nSPS) is 13.8. The van der Waals surface area contributed by atoms with Crippen molar-refractivity contribution in [3.63, 3.8) is 0 Å². The van der Waals surface area contributed by atoms with E-state index >= 15 is 0 Å². The van der Waals surface area contributed by atoms with Crippen LogP contribution >= 0.6 is 0 Å². The molecule has 11 aromatic carbocycles. The van der Waals surface area contributed by atoms with Gasteiger partial charge in [-0.3, -0.25) is 4.57 Å². The minimum absolute atomic E-state index is 0.466. The van der Waals surface area contributed by atoms with Crippen molar-refractivity contribution in [3.8, 4) is 56.4 Å². The fraction of sp³-hybridized carbons (Fsp3) is 0.0429. The predicted molar refractivity (Wildman–Crippen MR) is 314 cm³/mol. The summed E-state index contributed by atoms with van der Waals surface area (Å²) in [5.41, 5.74) is 14.5. The van der Waals surface area contributed by atoms with E-state index in [2.05, 4.69) is 247 Å². The van der Waals surface area contributed by atoms with Gasteiger partial charge in [0.05, 0.1) is 22.1 Å². The van der Waals surface area contributed by atoms with E-state index < -0.39 is 0 Å². The van der Waals surface area contributed by atoms with Crippen LogP contribution < -0.4 is 0 Å². The van der Waals surface area contributed by atoms with E-state index in [4.69, 9.17) is 15.0 Å². The molecule has 0 radical (unpaired) electrons. The predicted octanol–water partition coefficient (Wildman–Crippen LogP) is 18.2. The van der Waals surface area contributed by atoms with E-state index in [1.165, 1.54) is 65.3 Å². The van der Waals surface area contributed by atoms with Crippen molar-refractivity contribution in [1.29, 1.82) is 0 Å². The van der Waals surface area contributed by atoms with E-state index in [0.717, 1.165) is 67.3 Å². The van der Waals surface area contributed by atoms with Gasteiger partial charge in [-0.05, 0) is 145 Å². The molecule has 1 atom stereocenters. The van der Waals surface area contributed by atoms with E-state index in [1.54, 1.807) is 0 Å². The molecule has 75 heavy (non-hydrogen) atoms. The SMILES string of the molecule is CC1C=CC(c2nc(-c3ccccc3)nc(-n3c4ccc(-c5ccccc5)cc4c4cc(-c5ccc6c(c5)c5cc(-c7ccc8c9ccccc9c9ccccc9c8c7)ccc5n6-c5ccccc5)ccc43)n2)=CC1. The molecule has 15 rings (SSSR count). The topological polar surface area (TPSA) is 48.5 Å². The summed E-state index contributed by atoms with van der Waals surface area (Å²) in [5.74, 6) is 2.37. The molecule has 0 aliphatic heterocycles. The average Bonchev–Trinajstić information content (AvgIpc) is 4.05. The zero-order valence-electron chi connectivity index (χ0n) is 41.2. The van der Waals surface area contributed by atoms with Gasteiger partial charge in [0.15, 0.2) is 11.6 Å². The Morgan fingerprint density at radius 2 is 0.733 bits per heavy atom. The summed E-state index contributed by atoms with van der Waals surface area (Å²) in [5, 5.41) is 12.3. The summed E-state index contributed by atoms with van der Waals surface area (Å²) in [6.45, 7) is 2.24. The van der Waals surface area contributed by atoms with Crippen LogP contribution in [0.1, 0.15) is 19.2 Å². The number of allylic oxidation sites excluding steroid dienone is 4. The van der Waals surface area contributed by atoms with Crippen molar-refractivity contribution in [2.24, 2.45) is 5.92 Å². The zero-order valence-corrected chi connectivity index (χ0v) is 41.2. The van der Waals surface area contributed by atoms with Gasteiger partial charge in [0.2, 0.25) is 5.95 Å². The summed E-state index contributed by atoms with van der Waals surface area (Å²) >= 11 is 0. The zero-order chi connectivity index (χ0) is 49.6. The molecule has 14 aromatic rings. The smallest absolute Gasteiger partial charge is 0.238 e. The number of hydrogen-bond acceptors (Lipinski definition) is 3. The van der Waals surface area contributed by atoms with Crippen molar-refractivity contribution in [2.45, 2.75) is 13.3 Å². The summed E-state index contributed by atoms with van der Waals surface area (Å²) in [4.78, 5) is 15.6. The van der Waals surface area contributed by atoms with Gasteiger partial charge in [0.25, 0.3) is 0 Å². The number of aromatic nitrogens is 5. The Labute approximate surface area is 433 Å². The maximum atomic E-state index is 5.29. The standard InChI is InChI=1S/C70H47N5/c1-44-25-27-47(28-26-44)69-71-68(46-17-7-3-8-18-46)72-70(73-69)75-66-37-30-48(45-15-5-2-6-16-45)40-62(66)63-43-52(33-38-67(63)75)51-32-36-65-61(42-51)60-41-50(31-35-64(60)74(65)53-19-9-4-10-20-53)49-29-34-58-56-23-12-11-21-54(56)55-22-13-14-24-57(55)59(58)39-49/h2-25,27-44H,26H2,1H3. The second kappa shape index (κ2) is 17.2. The van der Waals surface area contributed by atoms with Crippen LogP contribution in [-0.2, 0) is 0 Å².